The topological polar surface area (TPSA) is 67.4 Å². The average Bonchev–Trinajstić information content (AvgIpc) is 3.36. The number of alkyl halides is 2. The normalized spacial score (nSPS) is 24.9. The summed E-state index contributed by atoms with van der Waals surface area (Å²) in [5, 5.41) is 4.76. The summed E-state index contributed by atoms with van der Waals surface area (Å²) in [4.78, 5) is 25.9. The van der Waals surface area contributed by atoms with Crippen LogP contribution in [0.3, 0.4) is 0 Å². The Hall–Kier alpha value is -1.65. The van der Waals surface area contributed by atoms with E-state index in [-0.39, 0.29) is 18.7 Å². The van der Waals surface area contributed by atoms with E-state index in [4.69, 9.17) is 4.74 Å². The van der Waals surface area contributed by atoms with Crippen molar-refractivity contribution in [3.63, 3.8) is 0 Å². The Morgan fingerprint density at radius 3 is 2.76 bits per heavy atom. The summed E-state index contributed by atoms with van der Waals surface area (Å²) < 4.78 is 31.8. The molecule has 0 aromatic carbocycles. The molecule has 0 atom stereocenters. The number of carbonyl (C=O) groups excluding carboxylic acids is 1. The van der Waals surface area contributed by atoms with Gasteiger partial charge in [0.2, 0.25) is 5.91 Å². The van der Waals surface area contributed by atoms with Crippen molar-refractivity contribution in [3.8, 4) is 5.19 Å². The Morgan fingerprint density at radius 2 is 2.06 bits per heavy atom. The predicted molar refractivity (Wildman–Crippen MR) is 129 cm³/mol. The fourth-order valence-electron chi connectivity index (χ4n) is 5.19. The van der Waals surface area contributed by atoms with Gasteiger partial charge in [-0.2, -0.15) is 0 Å². The van der Waals surface area contributed by atoms with Gasteiger partial charge in [0, 0.05) is 47.9 Å². The largest absolute Gasteiger partial charge is 0.466 e. The van der Waals surface area contributed by atoms with Crippen molar-refractivity contribution in [1.82, 2.24) is 20.2 Å². The molecule has 3 heterocycles. The Morgan fingerprint density at radius 1 is 1.26 bits per heavy atom. The third-order valence-corrected chi connectivity index (χ3v) is 9.14. The standard InChI is InChI=1S/C24H32F2N4O2S2/c1-15-27-13-19(33-15)10-22(31)28-17-4-2-16(3-5-17)6-8-30-9-7-21-20(14-30)29-23(34-21)32-18-11-24(25,26)12-18/h13,16-18H,2-12,14H2,1H3,(H,28,31)/t16-,17-. The molecule has 0 unspecified atom stereocenters. The summed E-state index contributed by atoms with van der Waals surface area (Å²) in [6, 6.07) is 0.291. The number of nitrogens with one attached hydrogen (secondary N) is 1. The van der Waals surface area contributed by atoms with Gasteiger partial charge in [0.1, 0.15) is 6.10 Å². The summed E-state index contributed by atoms with van der Waals surface area (Å²) in [6.45, 7) is 4.84. The van der Waals surface area contributed by atoms with Crippen molar-refractivity contribution in [1.29, 1.82) is 0 Å². The first-order valence-corrected chi connectivity index (χ1v) is 13.9. The lowest BCUT2D eigenvalue weighted by atomic mass is 9.84. The van der Waals surface area contributed by atoms with E-state index in [0.717, 1.165) is 67.3 Å². The minimum atomic E-state index is -2.57. The second-order valence-corrected chi connectivity index (χ2v) is 12.3. The summed E-state index contributed by atoms with van der Waals surface area (Å²) in [5.74, 6) is -1.76. The fourth-order valence-corrected chi connectivity index (χ4v) is 6.95. The number of ether oxygens (including phenoxy) is 1. The van der Waals surface area contributed by atoms with Crippen LogP contribution in [0.4, 0.5) is 8.78 Å². The fraction of sp³-hybridized carbons (Fsp3) is 0.708. The van der Waals surface area contributed by atoms with Crippen molar-refractivity contribution < 1.29 is 18.3 Å². The lowest BCUT2D eigenvalue weighted by molar-refractivity contribution is -0.134. The third-order valence-electron chi connectivity index (χ3n) is 7.18. The molecule has 3 aliphatic rings. The molecule has 0 spiro atoms. The van der Waals surface area contributed by atoms with Gasteiger partial charge < -0.3 is 10.1 Å². The molecule has 1 aliphatic heterocycles. The molecule has 2 aromatic rings. The van der Waals surface area contributed by atoms with Crippen molar-refractivity contribution in [2.24, 2.45) is 5.92 Å². The van der Waals surface area contributed by atoms with Crippen molar-refractivity contribution in [2.45, 2.75) is 89.3 Å². The Labute approximate surface area is 207 Å². The first kappa shape index (κ1) is 24.1. The molecular weight excluding hydrogens is 478 g/mol. The number of halogens is 2. The maximum atomic E-state index is 13.0. The summed E-state index contributed by atoms with van der Waals surface area (Å²) in [7, 11) is 0. The zero-order valence-electron chi connectivity index (χ0n) is 19.5. The van der Waals surface area contributed by atoms with Crippen LogP contribution < -0.4 is 10.1 Å². The number of thiazole rings is 2. The van der Waals surface area contributed by atoms with E-state index >= 15 is 0 Å². The molecule has 34 heavy (non-hydrogen) atoms. The number of carbonyl (C=O) groups is 1. The Balaban J connectivity index is 1.00. The van der Waals surface area contributed by atoms with Crippen LogP contribution in [0.2, 0.25) is 0 Å². The highest BCUT2D eigenvalue weighted by Crippen LogP contribution is 2.41. The highest BCUT2D eigenvalue weighted by Gasteiger charge is 2.47. The molecular formula is C24H32F2N4O2S2. The zero-order chi connectivity index (χ0) is 23.7. The van der Waals surface area contributed by atoms with Crippen molar-refractivity contribution in [3.05, 3.63) is 26.7 Å². The number of rotatable bonds is 8. The molecule has 2 aromatic heterocycles. The molecule has 2 fully saturated rings. The minimum absolute atomic E-state index is 0.105. The van der Waals surface area contributed by atoms with Gasteiger partial charge in [0.05, 0.1) is 17.1 Å². The number of aromatic nitrogens is 2. The lowest BCUT2D eigenvalue weighted by Crippen LogP contribution is -2.43. The van der Waals surface area contributed by atoms with Crippen LogP contribution in [0.15, 0.2) is 6.20 Å². The van der Waals surface area contributed by atoms with Gasteiger partial charge in [-0.25, -0.2) is 18.7 Å². The van der Waals surface area contributed by atoms with Gasteiger partial charge in [-0.3, -0.25) is 9.69 Å². The number of nitrogens with zero attached hydrogens (tertiary/aromatic N) is 3. The van der Waals surface area contributed by atoms with Gasteiger partial charge in [0.25, 0.3) is 11.1 Å². The van der Waals surface area contributed by atoms with Crippen LogP contribution in [0.25, 0.3) is 0 Å². The molecule has 1 N–H and O–H groups in total. The van der Waals surface area contributed by atoms with Crippen LogP contribution >= 0.6 is 22.7 Å². The van der Waals surface area contributed by atoms with E-state index in [9.17, 15) is 13.6 Å². The first-order valence-electron chi connectivity index (χ1n) is 12.3. The monoisotopic (exact) mass is 510 g/mol. The van der Waals surface area contributed by atoms with Gasteiger partial charge in [-0.05, 0) is 57.9 Å². The molecule has 186 valence electrons. The number of fused-ring (bicyclic) bond motifs is 1. The smallest absolute Gasteiger partial charge is 0.273 e. The van der Waals surface area contributed by atoms with E-state index in [1.165, 1.54) is 22.6 Å². The average molecular weight is 511 g/mol. The highest BCUT2D eigenvalue weighted by molar-refractivity contribution is 7.13. The first-order chi connectivity index (χ1) is 16.3. The van der Waals surface area contributed by atoms with Crippen molar-refractivity contribution in [2.75, 3.05) is 13.1 Å². The van der Waals surface area contributed by atoms with Crippen LogP contribution in [0.1, 0.15) is 65.4 Å². The van der Waals surface area contributed by atoms with E-state index in [1.807, 2.05) is 6.92 Å². The second-order valence-electron chi connectivity index (χ2n) is 9.98. The molecule has 0 bridgehead atoms. The van der Waals surface area contributed by atoms with Crippen LogP contribution in [0.5, 0.6) is 5.19 Å². The molecule has 1 amide bonds. The quantitative estimate of drug-likeness (QED) is 0.555. The highest BCUT2D eigenvalue weighted by atomic mass is 32.1. The summed E-state index contributed by atoms with van der Waals surface area (Å²) in [5.41, 5.74) is 1.06. The van der Waals surface area contributed by atoms with Gasteiger partial charge >= 0.3 is 0 Å². The van der Waals surface area contributed by atoms with Crippen LogP contribution in [-0.2, 0) is 24.2 Å². The van der Waals surface area contributed by atoms with Crippen LogP contribution in [0, 0.1) is 12.8 Å². The zero-order valence-corrected chi connectivity index (χ0v) is 21.2. The molecule has 2 saturated carbocycles. The molecule has 2 aliphatic carbocycles. The maximum absolute atomic E-state index is 13.0. The summed E-state index contributed by atoms with van der Waals surface area (Å²) in [6.07, 6.45) is 7.99. The van der Waals surface area contributed by atoms with Crippen molar-refractivity contribution >= 4 is 28.6 Å². The molecule has 0 radical (unpaired) electrons. The second kappa shape index (κ2) is 10.1. The summed E-state index contributed by atoms with van der Waals surface area (Å²) >= 11 is 3.11. The van der Waals surface area contributed by atoms with E-state index in [1.54, 1.807) is 17.5 Å². The number of amides is 1. The SMILES string of the molecule is Cc1ncc(CC(=O)N[C@H]2CC[C@H](CCN3CCc4sc(OC5CC(F)(F)C5)nc4C3)CC2)s1. The third kappa shape index (κ3) is 6.12. The van der Waals surface area contributed by atoms with E-state index in [2.05, 4.69) is 20.2 Å². The lowest BCUT2D eigenvalue weighted by Gasteiger charge is -2.33. The number of hydrogen-bond donors (Lipinski definition) is 1. The van der Waals surface area contributed by atoms with Gasteiger partial charge in [0.15, 0.2) is 0 Å². The molecule has 5 rings (SSSR count). The molecule has 0 saturated heterocycles. The number of aryl methyl sites for hydroxylation is 1. The number of hydrogen-bond acceptors (Lipinski definition) is 7. The van der Waals surface area contributed by atoms with Gasteiger partial charge in [-0.1, -0.05) is 11.3 Å². The molecule has 6 nitrogen and oxygen atoms in total. The Bertz CT molecular complexity index is 995. The maximum Gasteiger partial charge on any atom is 0.273 e. The van der Waals surface area contributed by atoms with Gasteiger partial charge in [-0.15, -0.1) is 11.3 Å². The molecule has 10 heteroatoms. The minimum Gasteiger partial charge on any atom is -0.466 e. The van der Waals surface area contributed by atoms with Crippen LogP contribution in [-0.4, -0.2) is 51.9 Å². The van der Waals surface area contributed by atoms with E-state index < -0.39 is 12.0 Å². The predicted octanol–water partition coefficient (Wildman–Crippen LogP) is 4.75. The Kier molecular flexibility index (Phi) is 7.18. The van der Waals surface area contributed by atoms with E-state index in [0.29, 0.717) is 23.6 Å².